The molecule has 182 valence electrons. The molecule has 2 fully saturated rings. The Bertz CT molecular complexity index is 1050. The lowest BCUT2D eigenvalue weighted by molar-refractivity contribution is -0.00200. The number of carbonyl (C=O) groups excluding carboxylic acids is 1. The number of aliphatic hydroxyl groups is 1. The monoisotopic (exact) mass is 486 g/mol. The number of nitrogens with zero attached hydrogens (tertiary/aromatic N) is 1. The number of aliphatic hydroxyl groups excluding tert-OH is 1. The SMILES string of the molecule is O=C(NCC1CC1)c1ccc(O)cc1OC[C@H](O)CN1CCC2(CC1)Cc1cc(Cl)ccc1O2. The van der Waals surface area contributed by atoms with Gasteiger partial charge < -0.3 is 29.9 Å². The van der Waals surface area contributed by atoms with Gasteiger partial charge >= 0.3 is 0 Å². The number of likely N-dealkylation sites (tertiary alicyclic amines) is 1. The maximum Gasteiger partial charge on any atom is 0.255 e. The lowest BCUT2D eigenvalue weighted by Gasteiger charge is -2.39. The number of nitrogens with one attached hydrogen (secondary N) is 1. The average Bonchev–Trinajstić information content (AvgIpc) is 3.58. The number of phenolic OH excluding ortho intramolecular Hbond substituents is 1. The van der Waals surface area contributed by atoms with Crippen molar-refractivity contribution >= 4 is 17.5 Å². The van der Waals surface area contributed by atoms with Gasteiger partial charge in [0.05, 0.1) is 5.56 Å². The first-order valence-electron chi connectivity index (χ1n) is 12.0. The van der Waals surface area contributed by atoms with Crippen LogP contribution in [0.3, 0.4) is 0 Å². The molecule has 2 heterocycles. The van der Waals surface area contributed by atoms with Gasteiger partial charge in [-0.05, 0) is 54.7 Å². The van der Waals surface area contributed by atoms with Crippen LogP contribution in [0.15, 0.2) is 36.4 Å². The Hall–Kier alpha value is -2.48. The third-order valence-corrected chi connectivity index (χ3v) is 7.22. The van der Waals surface area contributed by atoms with Crippen molar-refractivity contribution in [3.8, 4) is 17.2 Å². The van der Waals surface area contributed by atoms with Gasteiger partial charge in [-0.25, -0.2) is 0 Å². The molecule has 1 amide bonds. The van der Waals surface area contributed by atoms with Gasteiger partial charge in [0.2, 0.25) is 0 Å². The van der Waals surface area contributed by atoms with Crippen molar-refractivity contribution < 1.29 is 24.5 Å². The Morgan fingerprint density at radius 3 is 2.79 bits per heavy atom. The molecule has 1 spiro atoms. The number of benzene rings is 2. The predicted molar refractivity (Wildman–Crippen MR) is 129 cm³/mol. The van der Waals surface area contributed by atoms with Gasteiger partial charge in [0.1, 0.15) is 35.6 Å². The van der Waals surface area contributed by atoms with Gasteiger partial charge in [0.25, 0.3) is 5.91 Å². The minimum Gasteiger partial charge on any atom is -0.508 e. The molecule has 5 rings (SSSR count). The number of fused-ring (bicyclic) bond motifs is 1. The van der Waals surface area contributed by atoms with Crippen LogP contribution in [0.4, 0.5) is 0 Å². The zero-order chi connectivity index (χ0) is 23.7. The molecule has 1 aliphatic carbocycles. The largest absolute Gasteiger partial charge is 0.508 e. The molecule has 2 aliphatic heterocycles. The topological polar surface area (TPSA) is 91.3 Å². The number of aromatic hydroxyl groups is 1. The van der Waals surface area contributed by atoms with Crippen molar-refractivity contribution in [1.29, 1.82) is 0 Å². The molecule has 1 saturated heterocycles. The number of amides is 1. The van der Waals surface area contributed by atoms with Crippen molar-refractivity contribution in [2.75, 3.05) is 32.8 Å². The van der Waals surface area contributed by atoms with E-state index in [9.17, 15) is 15.0 Å². The van der Waals surface area contributed by atoms with E-state index < -0.39 is 6.10 Å². The van der Waals surface area contributed by atoms with Gasteiger partial charge in [0, 0.05) is 56.5 Å². The molecule has 0 radical (unpaired) electrons. The van der Waals surface area contributed by atoms with E-state index >= 15 is 0 Å². The highest BCUT2D eigenvalue weighted by molar-refractivity contribution is 6.30. The summed E-state index contributed by atoms with van der Waals surface area (Å²) in [7, 11) is 0. The van der Waals surface area contributed by atoms with E-state index in [2.05, 4.69) is 10.2 Å². The lowest BCUT2D eigenvalue weighted by Crippen LogP contribution is -2.49. The summed E-state index contributed by atoms with van der Waals surface area (Å²) in [5.41, 5.74) is 1.34. The quantitative estimate of drug-likeness (QED) is 0.530. The summed E-state index contributed by atoms with van der Waals surface area (Å²) < 4.78 is 12.1. The van der Waals surface area contributed by atoms with Crippen LogP contribution in [-0.2, 0) is 6.42 Å². The van der Waals surface area contributed by atoms with Crippen LogP contribution < -0.4 is 14.8 Å². The summed E-state index contributed by atoms with van der Waals surface area (Å²) in [5.74, 6) is 1.56. The van der Waals surface area contributed by atoms with E-state index in [0.29, 0.717) is 24.6 Å². The Morgan fingerprint density at radius 2 is 2.03 bits per heavy atom. The van der Waals surface area contributed by atoms with Crippen molar-refractivity contribution in [1.82, 2.24) is 10.2 Å². The standard InChI is InChI=1S/C26H31ClN2O5/c27-19-3-6-23-18(11-19)13-26(34-23)7-9-29(10-8-26)15-21(31)16-33-24-12-20(30)4-5-22(24)25(32)28-14-17-1-2-17/h3-6,11-12,17,21,30-31H,1-2,7-10,13-16H2,(H,28,32)/t21-/m1/s1. The normalized spacial score (nSPS) is 19.9. The summed E-state index contributed by atoms with van der Waals surface area (Å²) in [6, 6.07) is 10.2. The molecule has 34 heavy (non-hydrogen) atoms. The third-order valence-electron chi connectivity index (χ3n) is 6.99. The van der Waals surface area contributed by atoms with E-state index in [-0.39, 0.29) is 29.6 Å². The fraction of sp³-hybridized carbons (Fsp3) is 0.500. The highest BCUT2D eigenvalue weighted by atomic mass is 35.5. The van der Waals surface area contributed by atoms with Gasteiger partial charge in [-0.15, -0.1) is 0 Å². The number of halogens is 1. The molecule has 3 N–H and O–H groups in total. The van der Waals surface area contributed by atoms with Gasteiger partial charge in [-0.1, -0.05) is 11.6 Å². The molecule has 8 heteroatoms. The summed E-state index contributed by atoms with van der Waals surface area (Å²) in [6.07, 6.45) is 4.20. The van der Waals surface area contributed by atoms with Crippen LogP contribution >= 0.6 is 11.6 Å². The average molecular weight is 487 g/mol. The maximum absolute atomic E-state index is 12.5. The van der Waals surface area contributed by atoms with Gasteiger partial charge in [0.15, 0.2) is 0 Å². The summed E-state index contributed by atoms with van der Waals surface area (Å²) in [4.78, 5) is 14.7. The first-order chi connectivity index (χ1) is 16.4. The minimum absolute atomic E-state index is 0.0170. The first-order valence-corrected chi connectivity index (χ1v) is 12.4. The Morgan fingerprint density at radius 1 is 1.24 bits per heavy atom. The Balaban J connectivity index is 1.11. The first kappa shape index (κ1) is 23.3. The number of carbonyl (C=O) groups is 1. The van der Waals surface area contributed by atoms with Crippen molar-refractivity contribution in [3.05, 3.63) is 52.5 Å². The number of β-amino-alcohol motifs (C(OH)–C–C–N with tert-alkyl or cyclic N) is 1. The lowest BCUT2D eigenvalue weighted by atomic mass is 9.87. The fourth-order valence-corrected chi connectivity index (χ4v) is 5.03. The van der Waals surface area contributed by atoms with Crippen LogP contribution in [0.5, 0.6) is 17.2 Å². The van der Waals surface area contributed by atoms with Gasteiger partial charge in [-0.2, -0.15) is 0 Å². The van der Waals surface area contributed by atoms with Crippen molar-refractivity contribution in [3.63, 3.8) is 0 Å². The molecule has 0 unspecified atom stereocenters. The molecular weight excluding hydrogens is 456 g/mol. The molecule has 1 atom stereocenters. The van der Waals surface area contributed by atoms with E-state index in [1.807, 2.05) is 18.2 Å². The second kappa shape index (κ2) is 9.64. The molecule has 3 aliphatic rings. The molecule has 2 aromatic rings. The van der Waals surface area contributed by atoms with Crippen LogP contribution in [-0.4, -0.2) is 65.5 Å². The molecule has 1 saturated carbocycles. The summed E-state index contributed by atoms with van der Waals surface area (Å²) in [6.45, 7) is 2.80. The zero-order valence-corrected chi connectivity index (χ0v) is 19.9. The summed E-state index contributed by atoms with van der Waals surface area (Å²) in [5, 5.41) is 24.1. The number of hydrogen-bond donors (Lipinski definition) is 3. The van der Waals surface area contributed by atoms with Crippen LogP contribution in [0.1, 0.15) is 41.6 Å². The number of ether oxygens (including phenoxy) is 2. The van der Waals surface area contributed by atoms with Crippen molar-refractivity contribution in [2.45, 2.75) is 43.8 Å². The fourth-order valence-electron chi connectivity index (χ4n) is 4.83. The third kappa shape index (κ3) is 5.43. The molecule has 0 aromatic heterocycles. The number of hydrogen-bond acceptors (Lipinski definition) is 6. The minimum atomic E-state index is -0.723. The van der Waals surface area contributed by atoms with E-state index in [4.69, 9.17) is 21.1 Å². The number of phenols is 1. The highest BCUT2D eigenvalue weighted by Gasteiger charge is 2.42. The predicted octanol–water partition coefficient (Wildman–Crippen LogP) is 3.39. The number of piperidine rings is 1. The molecule has 2 aromatic carbocycles. The van der Waals surface area contributed by atoms with Crippen molar-refractivity contribution in [2.24, 2.45) is 5.92 Å². The smallest absolute Gasteiger partial charge is 0.255 e. The van der Waals surface area contributed by atoms with E-state index in [0.717, 1.165) is 61.5 Å². The highest BCUT2D eigenvalue weighted by Crippen LogP contribution is 2.42. The van der Waals surface area contributed by atoms with Crippen LogP contribution in [0.25, 0.3) is 0 Å². The molecule has 7 nitrogen and oxygen atoms in total. The molecule has 0 bridgehead atoms. The second-order valence-corrected chi connectivity index (χ2v) is 10.2. The number of rotatable bonds is 8. The zero-order valence-electron chi connectivity index (χ0n) is 19.1. The van der Waals surface area contributed by atoms with E-state index in [1.165, 1.54) is 12.1 Å². The van der Waals surface area contributed by atoms with Crippen LogP contribution in [0, 0.1) is 5.92 Å². The summed E-state index contributed by atoms with van der Waals surface area (Å²) >= 11 is 6.13. The maximum atomic E-state index is 12.5. The Labute approximate surface area is 204 Å². The van der Waals surface area contributed by atoms with Gasteiger partial charge in [-0.3, -0.25) is 4.79 Å². The Kier molecular flexibility index (Phi) is 6.60. The van der Waals surface area contributed by atoms with Crippen LogP contribution in [0.2, 0.25) is 5.02 Å². The molecular formula is C26H31ClN2O5. The second-order valence-electron chi connectivity index (χ2n) is 9.81. The van der Waals surface area contributed by atoms with E-state index in [1.54, 1.807) is 6.07 Å².